The number of carbonyl (C=O) groups excluding carboxylic acids is 1. The summed E-state index contributed by atoms with van der Waals surface area (Å²) in [6.45, 7) is 4.03. The average molecular weight is 336 g/mol. The van der Waals surface area contributed by atoms with Crippen molar-refractivity contribution < 1.29 is 13.9 Å². The first-order chi connectivity index (χ1) is 12.1. The summed E-state index contributed by atoms with van der Waals surface area (Å²) in [7, 11) is 0. The molecule has 2 heterocycles. The van der Waals surface area contributed by atoms with Gasteiger partial charge in [-0.25, -0.2) is 9.78 Å². The maximum Gasteiger partial charge on any atom is 0.340 e. The van der Waals surface area contributed by atoms with E-state index >= 15 is 0 Å². The van der Waals surface area contributed by atoms with E-state index < -0.39 is 0 Å². The Morgan fingerprint density at radius 1 is 1.28 bits per heavy atom. The molecular formula is C20H20N2O3. The Morgan fingerprint density at radius 3 is 2.76 bits per heavy atom. The van der Waals surface area contributed by atoms with Crippen LogP contribution in [-0.2, 0) is 11.3 Å². The van der Waals surface area contributed by atoms with Gasteiger partial charge in [-0.3, -0.25) is 0 Å². The van der Waals surface area contributed by atoms with Gasteiger partial charge in [-0.15, -0.1) is 0 Å². The average Bonchev–Trinajstić information content (AvgIpc) is 3.25. The second-order valence-corrected chi connectivity index (χ2v) is 6.45. The predicted molar refractivity (Wildman–Crippen MR) is 93.2 cm³/mol. The van der Waals surface area contributed by atoms with Crippen molar-refractivity contribution in [3.05, 3.63) is 65.4 Å². The van der Waals surface area contributed by atoms with Crippen molar-refractivity contribution >= 4 is 5.97 Å². The standard InChI is InChI=1S/C20H20N2O3/c1-13-10-17(14(2)22(13)16-8-9-16)20(23)24-12-19-21-11-18(25-19)15-6-4-3-5-7-15/h3-7,10-11,16H,8-9,12H2,1-2H3. The second kappa shape index (κ2) is 6.24. The molecule has 0 spiro atoms. The molecule has 0 N–H and O–H groups in total. The molecule has 1 aliphatic carbocycles. The Labute approximate surface area is 146 Å². The van der Waals surface area contributed by atoms with Crippen molar-refractivity contribution in [2.75, 3.05) is 0 Å². The molecule has 0 unspecified atom stereocenters. The largest absolute Gasteiger partial charge is 0.452 e. The molecule has 1 saturated carbocycles. The topological polar surface area (TPSA) is 57.3 Å². The highest BCUT2D eigenvalue weighted by Gasteiger charge is 2.28. The summed E-state index contributed by atoms with van der Waals surface area (Å²) in [6.07, 6.45) is 4.02. The van der Waals surface area contributed by atoms with Gasteiger partial charge >= 0.3 is 5.97 Å². The number of ether oxygens (including phenoxy) is 1. The van der Waals surface area contributed by atoms with E-state index in [2.05, 4.69) is 9.55 Å². The van der Waals surface area contributed by atoms with E-state index in [9.17, 15) is 4.79 Å². The van der Waals surface area contributed by atoms with Crippen LogP contribution in [0.15, 0.2) is 47.0 Å². The fourth-order valence-corrected chi connectivity index (χ4v) is 3.20. The Hall–Kier alpha value is -2.82. The van der Waals surface area contributed by atoms with Crippen molar-refractivity contribution in [3.8, 4) is 11.3 Å². The molecule has 25 heavy (non-hydrogen) atoms. The molecule has 0 amide bonds. The van der Waals surface area contributed by atoms with Crippen molar-refractivity contribution in [3.63, 3.8) is 0 Å². The van der Waals surface area contributed by atoms with Crippen LogP contribution in [0.2, 0.25) is 0 Å². The first-order valence-electron chi connectivity index (χ1n) is 8.49. The van der Waals surface area contributed by atoms with Crippen LogP contribution in [0.25, 0.3) is 11.3 Å². The van der Waals surface area contributed by atoms with Gasteiger partial charge in [0.05, 0.1) is 11.8 Å². The lowest BCUT2D eigenvalue weighted by Crippen LogP contribution is -2.07. The number of oxazole rings is 1. The van der Waals surface area contributed by atoms with Gasteiger partial charge < -0.3 is 13.7 Å². The lowest BCUT2D eigenvalue weighted by atomic mass is 10.2. The minimum Gasteiger partial charge on any atom is -0.452 e. The van der Waals surface area contributed by atoms with Crippen LogP contribution in [-0.4, -0.2) is 15.5 Å². The Kier molecular flexibility index (Phi) is 3.92. The van der Waals surface area contributed by atoms with Gasteiger partial charge in [0.1, 0.15) is 0 Å². The lowest BCUT2D eigenvalue weighted by molar-refractivity contribution is 0.0438. The SMILES string of the molecule is Cc1cc(C(=O)OCc2ncc(-c3ccccc3)o2)c(C)n1C1CC1. The maximum absolute atomic E-state index is 12.4. The number of esters is 1. The quantitative estimate of drug-likeness (QED) is 0.646. The molecule has 0 radical (unpaired) electrons. The lowest BCUT2D eigenvalue weighted by Gasteiger charge is -2.07. The minimum atomic E-state index is -0.334. The Bertz CT molecular complexity index is 904. The molecule has 2 aromatic heterocycles. The van der Waals surface area contributed by atoms with E-state index in [0.717, 1.165) is 17.0 Å². The highest BCUT2D eigenvalue weighted by Crippen LogP contribution is 2.38. The summed E-state index contributed by atoms with van der Waals surface area (Å²) >= 11 is 0. The van der Waals surface area contributed by atoms with Crippen LogP contribution in [0, 0.1) is 13.8 Å². The molecule has 1 fully saturated rings. The smallest absolute Gasteiger partial charge is 0.340 e. The molecule has 5 nitrogen and oxygen atoms in total. The van der Waals surface area contributed by atoms with E-state index in [1.54, 1.807) is 6.20 Å². The third-order valence-electron chi connectivity index (χ3n) is 4.55. The van der Waals surface area contributed by atoms with Gasteiger partial charge in [-0.05, 0) is 32.8 Å². The zero-order valence-electron chi connectivity index (χ0n) is 14.4. The maximum atomic E-state index is 12.4. The first kappa shape index (κ1) is 15.7. The molecule has 0 atom stereocenters. The van der Waals surface area contributed by atoms with Crippen LogP contribution >= 0.6 is 0 Å². The Balaban J connectivity index is 1.44. The fraction of sp³-hybridized carbons (Fsp3) is 0.300. The van der Waals surface area contributed by atoms with E-state index in [0.29, 0.717) is 23.3 Å². The molecule has 0 aliphatic heterocycles. The summed E-state index contributed by atoms with van der Waals surface area (Å²) in [5, 5.41) is 0. The summed E-state index contributed by atoms with van der Waals surface area (Å²) in [6, 6.07) is 12.2. The van der Waals surface area contributed by atoms with Gasteiger partial charge in [-0.2, -0.15) is 0 Å². The van der Waals surface area contributed by atoms with Gasteiger partial charge in [0.2, 0.25) is 5.89 Å². The summed E-state index contributed by atoms with van der Waals surface area (Å²) < 4.78 is 13.3. The molecule has 128 valence electrons. The third kappa shape index (κ3) is 3.09. The van der Waals surface area contributed by atoms with Crippen molar-refractivity contribution in [2.24, 2.45) is 0 Å². The summed E-state index contributed by atoms with van der Waals surface area (Å²) in [5.41, 5.74) is 3.65. The predicted octanol–water partition coefficient (Wildman–Crippen LogP) is 4.45. The molecule has 3 aromatic rings. The molecule has 1 aliphatic rings. The number of benzene rings is 1. The number of hydrogen-bond acceptors (Lipinski definition) is 4. The van der Waals surface area contributed by atoms with Crippen LogP contribution in [0.5, 0.6) is 0 Å². The number of carbonyl (C=O) groups is 1. The number of rotatable bonds is 5. The molecule has 0 bridgehead atoms. The van der Waals surface area contributed by atoms with Crippen LogP contribution in [0.4, 0.5) is 0 Å². The van der Waals surface area contributed by atoms with Gasteiger partial charge in [0, 0.05) is 23.0 Å². The minimum absolute atomic E-state index is 0.0266. The van der Waals surface area contributed by atoms with Crippen LogP contribution < -0.4 is 0 Å². The second-order valence-electron chi connectivity index (χ2n) is 6.45. The highest BCUT2D eigenvalue weighted by atomic mass is 16.5. The molecule has 0 saturated heterocycles. The van der Waals surface area contributed by atoms with Crippen molar-refractivity contribution in [1.29, 1.82) is 0 Å². The molecule has 1 aromatic carbocycles. The van der Waals surface area contributed by atoms with Crippen molar-refractivity contribution in [2.45, 2.75) is 39.3 Å². The van der Waals surface area contributed by atoms with E-state index in [-0.39, 0.29) is 12.6 Å². The van der Waals surface area contributed by atoms with Gasteiger partial charge in [-0.1, -0.05) is 30.3 Å². The highest BCUT2D eigenvalue weighted by molar-refractivity contribution is 5.91. The number of hydrogen-bond donors (Lipinski definition) is 0. The Morgan fingerprint density at radius 2 is 2.04 bits per heavy atom. The zero-order valence-corrected chi connectivity index (χ0v) is 14.4. The van der Waals surface area contributed by atoms with E-state index in [4.69, 9.17) is 9.15 Å². The fourth-order valence-electron chi connectivity index (χ4n) is 3.20. The zero-order chi connectivity index (χ0) is 17.4. The van der Waals surface area contributed by atoms with E-state index in [1.165, 1.54) is 12.8 Å². The van der Waals surface area contributed by atoms with Crippen LogP contribution in [0.1, 0.15) is 46.5 Å². The normalized spacial score (nSPS) is 13.8. The number of aromatic nitrogens is 2. The van der Waals surface area contributed by atoms with E-state index in [1.807, 2.05) is 50.2 Å². The van der Waals surface area contributed by atoms with Crippen LogP contribution in [0.3, 0.4) is 0 Å². The first-order valence-corrected chi connectivity index (χ1v) is 8.49. The van der Waals surface area contributed by atoms with Gasteiger partial charge in [0.15, 0.2) is 12.4 Å². The summed E-state index contributed by atoms with van der Waals surface area (Å²) in [5.74, 6) is 0.723. The molecule has 5 heteroatoms. The molecule has 4 rings (SSSR count). The molecular weight excluding hydrogens is 316 g/mol. The summed E-state index contributed by atoms with van der Waals surface area (Å²) in [4.78, 5) is 16.6. The monoisotopic (exact) mass is 336 g/mol. The number of nitrogens with zero attached hydrogens (tertiary/aromatic N) is 2. The van der Waals surface area contributed by atoms with Gasteiger partial charge in [0.25, 0.3) is 0 Å². The van der Waals surface area contributed by atoms with Crippen molar-refractivity contribution in [1.82, 2.24) is 9.55 Å². The third-order valence-corrected chi connectivity index (χ3v) is 4.55. The number of aryl methyl sites for hydroxylation is 1.